The van der Waals surface area contributed by atoms with Crippen LogP contribution in [0.4, 0.5) is 5.69 Å². The smallest absolute Gasteiger partial charge is 0.335 e. The molecule has 0 fully saturated rings. The van der Waals surface area contributed by atoms with Gasteiger partial charge in [0.05, 0.1) is 16.7 Å². The Bertz CT molecular complexity index is 796. The van der Waals surface area contributed by atoms with E-state index in [1.54, 1.807) is 6.07 Å². The summed E-state index contributed by atoms with van der Waals surface area (Å²) in [4.78, 5) is 36.3. The first-order valence-corrected chi connectivity index (χ1v) is 6.03. The Hall–Kier alpha value is -3.15. The number of aromatic carboxylic acids is 1. The lowest BCUT2D eigenvalue weighted by Crippen LogP contribution is -2.30. The quantitative estimate of drug-likeness (QED) is 0.836. The minimum atomic E-state index is -1.19. The van der Waals surface area contributed by atoms with E-state index in [2.05, 4.69) is 0 Å². The van der Waals surface area contributed by atoms with Crippen LogP contribution in [0.3, 0.4) is 0 Å². The van der Waals surface area contributed by atoms with Crippen LogP contribution in [-0.2, 0) is 0 Å². The van der Waals surface area contributed by atoms with Crippen LogP contribution in [0.15, 0.2) is 42.5 Å². The van der Waals surface area contributed by atoms with Gasteiger partial charge in [0, 0.05) is 5.69 Å². The van der Waals surface area contributed by atoms with Gasteiger partial charge in [0.2, 0.25) is 0 Å². The fourth-order valence-electron chi connectivity index (χ4n) is 2.23. The zero-order valence-electron chi connectivity index (χ0n) is 10.6. The number of rotatable bonds is 2. The molecule has 0 spiro atoms. The van der Waals surface area contributed by atoms with Crippen molar-refractivity contribution >= 4 is 23.5 Å². The highest BCUT2D eigenvalue weighted by molar-refractivity contribution is 6.35. The highest BCUT2D eigenvalue weighted by atomic mass is 16.4. The third-order valence-corrected chi connectivity index (χ3v) is 3.24. The number of para-hydroxylation sites is 2. The number of hydrogen-bond donors (Lipinski definition) is 1. The molecule has 0 aromatic heterocycles. The van der Waals surface area contributed by atoms with Gasteiger partial charge in [-0.1, -0.05) is 23.9 Å². The number of nitrogens with zero attached hydrogens (tertiary/aromatic N) is 1. The van der Waals surface area contributed by atoms with Crippen LogP contribution < -0.4 is 10.0 Å². The summed E-state index contributed by atoms with van der Waals surface area (Å²) in [5.74, 6) is -2.97. The van der Waals surface area contributed by atoms with Gasteiger partial charge in [-0.3, -0.25) is 9.59 Å². The maximum Gasteiger partial charge on any atom is 0.335 e. The van der Waals surface area contributed by atoms with Gasteiger partial charge < -0.3 is 10.2 Å². The van der Waals surface area contributed by atoms with Crippen LogP contribution in [-0.4, -0.2) is 22.9 Å². The monoisotopic (exact) mass is 282 g/mol. The van der Waals surface area contributed by atoms with Gasteiger partial charge in [-0.15, -0.1) is 0 Å². The largest absolute Gasteiger partial charge is 0.871 e. The third kappa shape index (κ3) is 1.85. The average Bonchev–Trinajstić information content (AvgIpc) is 2.71. The van der Waals surface area contributed by atoms with Gasteiger partial charge in [-0.2, -0.15) is 0 Å². The summed E-state index contributed by atoms with van der Waals surface area (Å²) in [6.45, 7) is 0. The standard InChI is InChI=1S/C15H9NO5/c17-12-4-2-1-3-11(12)16-13(18)9-6-5-8(15(20)21)7-10(9)14(16)19/h1-7,17H,(H,20,21)/p-1. The summed E-state index contributed by atoms with van der Waals surface area (Å²) in [6.07, 6.45) is 0. The summed E-state index contributed by atoms with van der Waals surface area (Å²) in [7, 11) is 0. The van der Waals surface area contributed by atoms with E-state index in [9.17, 15) is 19.5 Å². The van der Waals surface area contributed by atoms with Crippen LogP contribution in [0.5, 0.6) is 5.75 Å². The highest BCUT2D eigenvalue weighted by Gasteiger charge is 2.37. The summed E-state index contributed by atoms with van der Waals surface area (Å²) in [6, 6.07) is 9.36. The molecule has 1 aliphatic heterocycles. The van der Waals surface area contributed by atoms with Crippen molar-refractivity contribution in [2.75, 3.05) is 4.90 Å². The third-order valence-electron chi connectivity index (χ3n) is 3.24. The Morgan fingerprint density at radius 1 is 1.00 bits per heavy atom. The fourth-order valence-corrected chi connectivity index (χ4v) is 2.23. The second-order valence-corrected chi connectivity index (χ2v) is 4.48. The summed E-state index contributed by atoms with van der Waals surface area (Å²) < 4.78 is 0. The Balaban J connectivity index is 2.13. The molecule has 0 bridgehead atoms. The minimum Gasteiger partial charge on any atom is -0.871 e. The number of hydrogen-bond acceptors (Lipinski definition) is 4. The van der Waals surface area contributed by atoms with E-state index in [1.807, 2.05) is 0 Å². The molecule has 6 heteroatoms. The van der Waals surface area contributed by atoms with Gasteiger partial charge in [0.1, 0.15) is 0 Å². The molecule has 1 N–H and O–H groups in total. The maximum absolute atomic E-state index is 12.3. The van der Waals surface area contributed by atoms with E-state index in [-0.39, 0.29) is 22.4 Å². The average molecular weight is 282 g/mol. The molecule has 2 amide bonds. The molecule has 2 aromatic rings. The maximum atomic E-state index is 12.3. The number of carboxylic acids is 1. The Labute approximate surface area is 118 Å². The van der Waals surface area contributed by atoms with E-state index in [1.165, 1.54) is 30.3 Å². The summed E-state index contributed by atoms with van der Waals surface area (Å²) >= 11 is 0. The van der Waals surface area contributed by atoms with Crippen molar-refractivity contribution in [1.29, 1.82) is 0 Å². The lowest BCUT2D eigenvalue weighted by atomic mass is 10.1. The minimum absolute atomic E-state index is 0.0110. The number of carbonyl (C=O) groups excluding carboxylic acids is 2. The molecule has 3 rings (SSSR count). The lowest BCUT2D eigenvalue weighted by Gasteiger charge is -2.20. The molecular formula is C15H8NO5-. The van der Waals surface area contributed by atoms with E-state index in [0.29, 0.717) is 0 Å². The molecule has 1 aliphatic rings. The summed E-state index contributed by atoms with van der Waals surface area (Å²) in [5, 5.41) is 20.7. The second-order valence-electron chi connectivity index (χ2n) is 4.48. The Morgan fingerprint density at radius 2 is 1.67 bits per heavy atom. The number of amides is 2. The van der Waals surface area contributed by atoms with Crippen molar-refractivity contribution in [2.24, 2.45) is 0 Å². The molecule has 0 saturated carbocycles. The molecule has 21 heavy (non-hydrogen) atoms. The first-order valence-electron chi connectivity index (χ1n) is 6.03. The number of benzene rings is 2. The van der Waals surface area contributed by atoms with E-state index < -0.39 is 23.5 Å². The molecule has 0 radical (unpaired) electrons. The van der Waals surface area contributed by atoms with Crippen molar-refractivity contribution in [3.63, 3.8) is 0 Å². The first-order chi connectivity index (χ1) is 10.0. The summed E-state index contributed by atoms with van der Waals surface area (Å²) in [5.41, 5.74) is -0.0517. The van der Waals surface area contributed by atoms with Crippen molar-refractivity contribution < 1.29 is 24.6 Å². The molecule has 0 saturated heterocycles. The zero-order valence-corrected chi connectivity index (χ0v) is 10.6. The van der Waals surface area contributed by atoms with Crippen LogP contribution in [0.2, 0.25) is 0 Å². The number of anilines is 1. The van der Waals surface area contributed by atoms with Gasteiger partial charge in [-0.05, 0) is 24.3 Å². The van der Waals surface area contributed by atoms with Crippen LogP contribution >= 0.6 is 0 Å². The number of carboxylic acid groups (broad SMARTS) is 1. The second kappa shape index (κ2) is 4.45. The van der Waals surface area contributed by atoms with Gasteiger partial charge in [0.25, 0.3) is 11.8 Å². The van der Waals surface area contributed by atoms with Crippen molar-refractivity contribution in [1.82, 2.24) is 0 Å². The van der Waals surface area contributed by atoms with Gasteiger partial charge >= 0.3 is 5.97 Å². The van der Waals surface area contributed by atoms with Gasteiger partial charge in [-0.25, -0.2) is 9.69 Å². The SMILES string of the molecule is O=C(O)c1ccc2c(c1)C(=O)N(c1ccccc1[O-])C2=O. The Kier molecular flexibility index (Phi) is 2.72. The number of fused-ring (bicyclic) bond motifs is 1. The van der Waals surface area contributed by atoms with Crippen molar-refractivity contribution in [2.45, 2.75) is 0 Å². The number of carbonyl (C=O) groups is 3. The molecule has 104 valence electrons. The molecule has 0 unspecified atom stereocenters. The molecule has 6 nitrogen and oxygen atoms in total. The molecule has 0 atom stereocenters. The molecule has 2 aromatic carbocycles. The van der Waals surface area contributed by atoms with E-state index in [0.717, 1.165) is 11.0 Å². The topological polar surface area (TPSA) is 97.7 Å². The first kappa shape index (κ1) is 12.9. The van der Waals surface area contributed by atoms with Crippen LogP contribution in [0.1, 0.15) is 31.1 Å². The van der Waals surface area contributed by atoms with Crippen LogP contribution in [0, 0.1) is 0 Å². The molecule has 1 heterocycles. The fraction of sp³-hybridized carbons (Fsp3) is 0. The zero-order chi connectivity index (χ0) is 15.1. The molecular weight excluding hydrogens is 274 g/mol. The molecule has 0 aliphatic carbocycles. The van der Waals surface area contributed by atoms with Crippen LogP contribution in [0.25, 0.3) is 0 Å². The van der Waals surface area contributed by atoms with Crippen molar-refractivity contribution in [3.8, 4) is 5.75 Å². The van der Waals surface area contributed by atoms with E-state index >= 15 is 0 Å². The number of imide groups is 1. The van der Waals surface area contributed by atoms with Gasteiger partial charge in [0.15, 0.2) is 0 Å². The normalized spacial score (nSPS) is 13.4. The van der Waals surface area contributed by atoms with E-state index in [4.69, 9.17) is 5.11 Å². The lowest BCUT2D eigenvalue weighted by molar-refractivity contribution is -0.267. The van der Waals surface area contributed by atoms with Crippen molar-refractivity contribution in [3.05, 3.63) is 59.2 Å². The Morgan fingerprint density at radius 3 is 2.33 bits per heavy atom. The predicted molar refractivity (Wildman–Crippen MR) is 70.4 cm³/mol. The highest BCUT2D eigenvalue weighted by Crippen LogP contribution is 2.32. The predicted octanol–water partition coefficient (Wildman–Crippen LogP) is 1.26.